The quantitative estimate of drug-likeness (QED) is 0.828. The molecule has 0 spiro atoms. The average molecular weight is 214 g/mol. The molecule has 16 heavy (non-hydrogen) atoms. The fourth-order valence-corrected chi connectivity index (χ4v) is 1.50. The van der Waals surface area contributed by atoms with Crippen LogP contribution in [-0.4, -0.2) is 15.2 Å². The first-order valence-electron chi connectivity index (χ1n) is 5.19. The third kappa shape index (κ3) is 2.06. The molecule has 4 heteroatoms. The molecule has 1 aromatic heterocycles. The molecule has 0 aliphatic carbocycles. The van der Waals surface area contributed by atoms with E-state index in [9.17, 15) is 0 Å². The van der Waals surface area contributed by atoms with Crippen LogP contribution in [-0.2, 0) is 0 Å². The molecule has 0 bridgehead atoms. The van der Waals surface area contributed by atoms with Crippen LogP contribution >= 0.6 is 0 Å². The Kier molecular flexibility index (Phi) is 2.92. The standard InChI is InChI=1S/C12H14N4/c1-8-5-3-4-6-10(8)11-7-14-16-12(15-11)9(2)13/h3-7,9H,13H2,1-2H3. The first kappa shape index (κ1) is 10.7. The summed E-state index contributed by atoms with van der Waals surface area (Å²) in [6, 6.07) is 7.85. The summed E-state index contributed by atoms with van der Waals surface area (Å²) < 4.78 is 0. The Bertz CT molecular complexity index is 494. The fraction of sp³-hybridized carbons (Fsp3) is 0.250. The lowest BCUT2D eigenvalue weighted by atomic mass is 10.1. The molecular weight excluding hydrogens is 200 g/mol. The minimum Gasteiger partial charge on any atom is -0.321 e. The Morgan fingerprint density at radius 1 is 1.25 bits per heavy atom. The van der Waals surface area contributed by atoms with Crippen molar-refractivity contribution in [3.8, 4) is 11.3 Å². The van der Waals surface area contributed by atoms with Crippen molar-refractivity contribution in [2.75, 3.05) is 0 Å². The minimum atomic E-state index is -0.198. The van der Waals surface area contributed by atoms with Crippen LogP contribution in [0.3, 0.4) is 0 Å². The minimum absolute atomic E-state index is 0.198. The highest BCUT2D eigenvalue weighted by atomic mass is 15.2. The summed E-state index contributed by atoms with van der Waals surface area (Å²) in [6.07, 6.45) is 1.66. The van der Waals surface area contributed by atoms with Gasteiger partial charge in [-0.2, -0.15) is 5.10 Å². The summed E-state index contributed by atoms with van der Waals surface area (Å²) in [5, 5.41) is 7.84. The fourth-order valence-electron chi connectivity index (χ4n) is 1.50. The van der Waals surface area contributed by atoms with Crippen molar-refractivity contribution in [3.05, 3.63) is 41.9 Å². The molecule has 0 aliphatic heterocycles. The molecule has 2 N–H and O–H groups in total. The average Bonchev–Trinajstić information content (AvgIpc) is 2.30. The first-order chi connectivity index (χ1) is 7.68. The van der Waals surface area contributed by atoms with Gasteiger partial charge < -0.3 is 5.73 Å². The van der Waals surface area contributed by atoms with Crippen molar-refractivity contribution >= 4 is 0 Å². The molecule has 1 heterocycles. The van der Waals surface area contributed by atoms with Gasteiger partial charge in [-0.1, -0.05) is 24.3 Å². The van der Waals surface area contributed by atoms with E-state index in [2.05, 4.69) is 15.2 Å². The zero-order valence-corrected chi connectivity index (χ0v) is 9.38. The lowest BCUT2D eigenvalue weighted by Crippen LogP contribution is -2.11. The van der Waals surface area contributed by atoms with E-state index < -0.39 is 0 Å². The SMILES string of the molecule is Cc1ccccc1-c1cnnc(C(C)N)n1. The Morgan fingerprint density at radius 2 is 2.00 bits per heavy atom. The van der Waals surface area contributed by atoms with Gasteiger partial charge in [0.25, 0.3) is 0 Å². The summed E-state index contributed by atoms with van der Waals surface area (Å²) in [5.41, 5.74) is 8.79. The van der Waals surface area contributed by atoms with Crippen molar-refractivity contribution in [1.29, 1.82) is 0 Å². The summed E-state index contributed by atoms with van der Waals surface area (Å²) >= 11 is 0. The Balaban J connectivity index is 2.49. The Hall–Kier alpha value is -1.81. The van der Waals surface area contributed by atoms with E-state index in [1.54, 1.807) is 6.20 Å². The van der Waals surface area contributed by atoms with E-state index >= 15 is 0 Å². The van der Waals surface area contributed by atoms with Gasteiger partial charge in [0.15, 0.2) is 5.82 Å². The highest BCUT2D eigenvalue weighted by Gasteiger charge is 2.07. The number of aromatic nitrogens is 3. The van der Waals surface area contributed by atoms with Crippen molar-refractivity contribution in [1.82, 2.24) is 15.2 Å². The van der Waals surface area contributed by atoms with Crippen LogP contribution in [0.5, 0.6) is 0 Å². The molecule has 2 rings (SSSR count). The normalized spacial score (nSPS) is 12.4. The molecule has 82 valence electrons. The van der Waals surface area contributed by atoms with E-state index in [4.69, 9.17) is 5.73 Å². The van der Waals surface area contributed by atoms with Crippen LogP contribution in [0.15, 0.2) is 30.5 Å². The zero-order chi connectivity index (χ0) is 11.5. The Morgan fingerprint density at radius 3 is 2.69 bits per heavy atom. The third-order valence-electron chi connectivity index (χ3n) is 2.40. The molecule has 1 unspecified atom stereocenters. The van der Waals surface area contributed by atoms with Crippen LogP contribution in [0.2, 0.25) is 0 Å². The molecular formula is C12H14N4. The van der Waals surface area contributed by atoms with E-state index in [1.807, 2.05) is 38.1 Å². The van der Waals surface area contributed by atoms with Gasteiger partial charge in [-0.05, 0) is 19.4 Å². The highest BCUT2D eigenvalue weighted by molar-refractivity contribution is 5.62. The van der Waals surface area contributed by atoms with E-state index in [0.717, 1.165) is 11.3 Å². The molecule has 0 saturated heterocycles. The van der Waals surface area contributed by atoms with Crippen LogP contribution in [0.4, 0.5) is 0 Å². The number of nitrogens with two attached hydrogens (primary N) is 1. The lowest BCUT2D eigenvalue weighted by molar-refractivity contribution is 0.709. The van der Waals surface area contributed by atoms with Crippen molar-refractivity contribution in [3.63, 3.8) is 0 Å². The number of benzene rings is 1. The number of hydrogen-bond acceptors (Lipinski definition) is 4. The molecule has 2 aromatic rings. The Labute approximate surface area is 94.6 Å². The van der Waals surface area contributed by atoms with Gasteiger partial charge in [0, 0.05) is 5.56 Å². The van der Waals surface area contributed by atoms with E-state index in [-0.39, 0.29) is 6.04 Å². The van der Waals surface area contributed by atoms with Gasteiger partial charge >= 0.3 is 0 Å². The van der Waals surface area contributed by atoms with Gasteiger partial charge in [-0.15, -0.1) is 5.10 Å². The van der Waals surface area contributed by atoms with Gasteiger partial charge in [-0.3, -0.25) is 0 Å². The van der Waals surface area contributed by atoms with Crippen LogP contribution < -0.4 is 5.73 Å². The zero-order valence-electron chi connectivity index (χ0n) is 9.38. The summed E-state index contributed by atoms with van der Waals surface area (Å²) in [5.74, 6) is 0.570. The number of rotatable bonds is 2. The highest BCUT2D eigenvalue weighted by Crippen LogP contribution is 2.20. The molecule has 0 radical (unpaired) electrons. The van der Waals surface area contributed by atoms with Crippen molar-refractivity contribution < 1.29 is 0 Å². The van der Waals surface area contributed by atoms with Crippen LogP contribution in [0, 0.1) is 6.92 Å². The van der Waals surface area contributed by atoms with Gasteiger partial charge in [0.05, 0.1) is 17.9 Å². The van der Waals surface area contributed by atoms with Crippen LogP contribution in [0.1, 0.15) is 24.4 Å². The van der Waals surface area contributed by atoms with Gasteiger partial charge in [0.2, 0.25) is 0 Å². The third-order valence-corrected chi connectivity index (χ3v) is 2.40. The molecule has 1 atom stereocenters. The second-order valence-corrected chi connectivity index (χ2v) is 3.80. The first-order valence-corrected chi connectivity index (χ1v) is 5.19. The number of aryl methyl sites for hydroxylation is 1. The predicted octanol–water partition coefficient (Wildman–Crippen LogP) is 1.87. The maximum Gasteiger partial charge on any atom is 0.168 e. The van der Waals surface area contributed by atoms with Crippen molar-refractivity contribution in [2.24, 2.45) is 5.73 Å². The van der Waals surface area contributed by atoms with E-state index in [0.29, 0.717) is 5.82 Å². The molecule has 0 amide bonds. The maximum atomic E-state index is 5.73. The second kappa shape index (κ2) is 4.37. The number of nitrogens with zero attached hydrogens (tertiary/aromatic N) is 3. The molecule has 0 fully saturated rings. The molecule has 4 nitrogen and oxygen atoms in total. The molecule has 0 saturated carbocycles. The van der Waals surface area contributed by atoms with Gasteiger partial charge in [-0.25, -0.2) is 4.98 Å². The monoisotopic (exact) mass is 214 g/mol. The summed E-state index contributed by atoms with van der Waals surface area (Å²) in [7, 11) is 0. The summed E-state index contributed by atoms with van der Waals surface area (Å²) in [4.78, 5) is 4.40. The second-order valence-electron chi connectivity index (χ2n) is 3.80. The molecule has 0 aliphatic rings. The van der Waals surface area contributed by atoms with E-state index in [1.165, 1.54) is 5.56 Å². The predicted molar refractivity (Wildman–Crippen MR) is 62.6 cm³/mol. The summed E-state index contributed by atoms with van der Waals surface area (Å²) in [6.45, 7) is 3.89. The van der Waals surface area contributed by atoms with Crippen molar-refractivity contribution in [2.45, 2.75) is 19.9 Å². The van der Waals surface area contributed by atoms with Crippen LogP contribution in [0.25, 0.3) is 11.3 Å². The lowest BCUT2D eigenvalue weighted by Gasteiger charge is -2.07. The maximum absolute atomic E-state index is 5.73. The topological polar surface area (TPSA) is 64.7 Å². The molecule has 1 aromatic carbocycles. The largest absolute Gasteiger partial charge is 0.321 e. The number of hydrogen-bond donors (Lipinski definition) is 1. The van der Waals surface area contributed by atoms with Gasteiger partial charge in [0.1, 0.15) is 0 Å². The smallest absolute Gasteiger partial charge is 0.168 e.